The van der Waals surface area contributed by atoms with Crippen LogP contribution in [0.5, 0.6) is 5.75 Å². The van der Waals surface area contributed by atoms with Crippen molar-refractivity contribution in [2.45, 2.75) is 31.7 Å². The maximum Gasteiger partial charge on any atom is 0.355 e. The number of phenolic OH excluding ortho intramolecular Hbond substituents is 1. The molecule has 4 heterocycles. The van der Waals surface area contributed by atoms with Gasteiger partial charge in [0.1, 0.15) is 17.4 Å². The summed E-state index contributed by atoms with van der Waals surface area (Å²) in [5.74, 6) is -0.547. The minimum atomic E-state index is -0.698. The van der Waals surface area contributed by atoms with Crippen molar-refractivity contribution in [1.29, 1.82) is 0 Å². The number of carbonyl (C=O) groups is 1. The predicted molar refractivity (Wildman–Crippen MR) is 151 cm³/mol. The topological polar surface area (TPSA) is 104 Å². The zero-order valence-electron chi connectivity index (χ0n) is 21.7. The van der Waals surface area contributed by atoms with Crippen LogP contribution in [0.25, 0.3) is 28.0 Å². The lowest BCUT2D eigenvalue weighted by molar-refractivity contribution is -0.126. The van der Waals surface area contributed by atoms with Gasteiger partial charge >= 0.3 is 5.69 Å². The third-order valence-corrected chi connectivity index (χ3v) is 7.79. The zero-order chi connectivity index (χ0) is 28.1. The molecule has 3 aromatic heterocycles. The van der Waals surface area contributed by atoms with Gasteiger partial charge in [-0.3, -0.25) is 9.78 Å². The van der Waals surface area contributed by atoms with Gasteiger partial charge in [0.25, 0.3) is 0 Å². The molecule has 6 rings (SSSR count). The van der Waals surface area contributed by atoms with Gasteiger partial charge in [-0.05, 0) is 61.6 Å². The first-order valence-electron chi connectivity index (χ1n) is 13.0. The Morgan fingerprint density at radius 1 is 1.23 bits per heavy atom. The fourth-order valence-electron chi connectivity index (χ4n) is 5.38. The molecule has 9 nitrogen and oxygen atoms in total. The van der Waals surface area contributed by atoms with Gasteiger partial charge in [-0.15, -0.1) is 0 Å². The average molecular weight is 561 g/mol. The summed E-state index contributed by atoms with van der Waals surface area (Å²) in [5.41, 5.74) is 1.00. The van der Waals surface area contributed by atoms with Crippen LogP contribution in [0, 0.1) is 5.82 Å². The minimum Gasteiger partial charge on any atom is -0.507 e. The Morgan fingerprint density at radius 2 is 2.02 bits per heavy atom. The van der Waals surface area contributed by atoms with Crippen LogP contribution in [0.2, 0.25) is 5.02 Å². The number of pyridine rings is 2. The van der Waals surface area contributed by atoms with Gasteiger partial charge in [-0.1, -0.05) is 24.2 Å². The van der Waals surface area contributed by atoms with Crippen LogP contribution in [-0.4, -0.2) is 61.1 Å². The molecular weight excluding hydrogens is 535 g/mol. The molecule has 0 bridgehead atoms. The van der Waals surface area contributed by atoms with E-state index >= 15 is 0 Å². The number of anilines is 1. The van der Waals surface area contributed by atoms with E-state index in [0.29, 0.717) is 36.5 Å². The highest BCUT2D eigenvalue weighted by Crippen LogP contribution is 2.43. The SMILES string of the molecule is C=CC(=O)N1CCN(c2nc(=O)n(-c3ccncc3C3CC3)c3nc(-c4c(O)cccc4F)c(Cl)cc23)[C@@H](C)C1. The Balaban J connectivity index is 1.61. The van der Waals surface area contributed by atoms with Gasteiger partial charge in [0.05, 0.1) is 27.4 Å². The highest BCUT2D eigenvalue weighted by Gasteiger charge is 2.32. The summed E-state index contributed by atoms with van der Waals surface area (Å²) in [4.78, 5) is 43.2. The van der Waals surface area contributed by atoms with Crippen LogP contribution in [0.4, 0.5) is 10.2 Å². The monoisotopic (exact) mass is 560 g/mol. The smallest absolute Gasteiger partial charge is 0.355 e. The quantitative estimate of drug-likeness (QED) is 0.360. The lowest BCUT2D eigenvalue weighted by atomic mass is 10.1. The minimum absolute atomic E-state index is 0.00606. The number of nitrogens with zero attached hydrogens (tertiary/aromatic N) is 6. The van der Waals surface area contributed by atoms with E-state index in [-0.39, 0.29) is 45.5 Å². The molecule has 4 aromatic rings. The second-order valence-corrected chi connectivity index (χ2v) is 10.5. The molecule has 0 spiro atoms. The molecule has 0 radical (unpaired) electrons. The van der Waals surface area contributed by atoms with E-state index in [1.807, 2.05) is 11.8 Å². The number of aromatic nitrogens is 4. The Morgan fingerprint density at radius 3 is 2.73 bits per heavy atom. The van der Waals surface area contributed by atoms with E-state index in [1.54, 1.807) is 29.4 Å². The highest BCUT2D eigenvalue weighted by molar-refractivity contribution is 6.34. The molecular formula is C29H26ClFN6O3. The lowest BCUT2D eigenvalue weighted by Crippen LogP contribution is -2.54. The van der Waals surface area contributed by atoms with Crippen molar-refractivity contribution in [2.75, 3.05) is 24.5 Å². The molecule has 1 amide bonds. The van der Waals surface area contributed by atoms with E-state index in [0.717, 1.165) is 18.4 Å². The first kappa shape index (κ1) is 25.9. The number of amides is 1. The fourth-order valence-corrected chi connectivity index (χ4v) is 5.62. The number of benzene rings is 1. The average Bonchev–Trinajstić information content (AvgIpc) is 3.78. The summed E-state index contributed by atoms with van der Waals surface area (Å²) in [6.45, 7) is 6.76. The summed E-state index contributed by atoms with van der Waals surface area (Å²) in [5, 5.41) is 11.1. The van der Waals surface area contributed by atoms with E-state index < -0.39 is 11.5 Å². The van der Waals surface area contributed by atoms with Crippen molar-refractivity contribution in [3.8, 4) is 22.7 Å². The molecule has 2 fully saturated rings. The lowest BCUT2D eigenvalue weighted by Gasteiger charge is -2.40. The molecule has 1 aromatic carbocycles. The second-order valence-electron chi connectivity index (χ2n) is 10.1. The van der Waals surface area contributed by atoms with Crippen LogP contribution in [0.3, 0.4) is 0 Å². The number of carbonyl (C=O) groups excluding carboxylic acids is 1. The molecule has 1 N–H and O–H groups in total. The third kappa shape index (κ3) is 4.38. The van der Waals surface area contributed by atoms with Crippen LogP contribution >= 0.6 is 11.6 Å². The molecule has 0 unspecified atom stereocenters. The van der Waals surface area contributed by atoms with E-state index in [1.165, 1.54) is 28.8 Å². The molecule has 11 heteroatoms. The number of halogens is 2. The molecule has 1 aliphatic carbocycles. The number of rotatable bonds is 5. The summed E-state index contributed by atoms with van der Waals surface area (Å²) in [6.07, 6.45) is 6.60. The fraction of sp³-hybridized carbons (Fsp3) is 0.276. The van der Waals surface area contributed by atoms with Gasteiger partial charge < -0.3 is 14.9 Å². The van der Waals surface area contributed by atoms with E-state index in [2.05, 4.69) is 16.5 Å². The second kappa shape index (κ2) is 10.0. The summed E-state index contributed by atoms with van der Waals surface area (Å²) >= 11 is 6.69. The molecule has 1 saturated heterocycles. The van der Waals surface area contributed by atoms with E-state index in [4.69, 9.17) is 16.6 Å². The van der Waals surface area contributed by atoms with Gasteiger partial charge in [-0.25, -0.2) is 18.7 Å². The molecule has 2 aliphatic rings. The number of piperazine rings is 1. The molecule has 1 saturated carbocycles. The number of hydrogen-bond donors (Lipinski definition) is 1. The van der Waals surface area contributed by atoms with Crippen LogP contribution in [-0.2, 0) is 4.79 Å². The van der Waals surface area contributed by atoms with Crippen molar-refractivity contribution < 1.29 is 14.3 Å². The number of phenols is 1. The van der Waals surface area contributed by atoms with Crippen molar-refractivity contribution in [1.82, 2.24) is 24.4 Å². The van der Waals surface area contributed by atoms with Gasteiger partial charge in [0.2, 0.25) is 5.91 Å². The maximum absolute atomic E-state index is 15.0. The van der Waals surface area contributed by atoms with Crippen LogP contribution < -0.4 is 10.6 Å². The van der Waals surface area contributed by atoms with Gasteiger partial charge in [0.15, 0.2) is 5.65 Å². The number of aromatic hydroxyl groups is 1. The van der Waals surface area contributed by atoms with Crippen molar-refractivity contribution in [3.05, 3.63) is 82.3 Å². The number of fused-ring (bicyclic) bond motifs is 1. The Kier molecular flexibility index (Phi) is 6.50. The predicted octanol–water partition coefficient (Wildman–Crippen LogP) is 4.44. The van der Waals surface area contributed by atoms with Gasteiger partial charge in [-0.2, -0.15) is 4.98 Å². The van der Waals surface area contributed by atoms with Crippen LogP contribution in [0.15, 0.2) is 60.2 Å². The first-order chi connectivity index (χ1) is 19.3. The Labute approximate surface area is 234 Å². The third-order valence-electron chi connectivity index (χ3n) is 7.50. The highest BCUT2D eigenvalue weighted by atomic mass is 35.5. The zero-order valence-corrected chi connectivity index (χ0v) is 22.5. The Bertz CT molecular complexity index is 1720. The normalized spacial score (nSPS) is 17.3. The molecule has 1 aliphatic heterocycles. The molecule has 40 heavy (non-hydrogen) atoms. The van der Waals surface area contributed by atoms with Gasteiger partial charge in [0, 0.05) is 38.1 Å². The van der Waals surface area contributed by atoms with Crippen molar-refractivity contribution >= 4 is 34.4 Å². The first-order valence-corrected chi connectivity index (χ1v) is 13.4. The van der Waals surface area contributed by atoms with Crippen molar-refractivity contribution in [2.24, 2.45) is 0 Å². The molecule has 204 valence electrons. The summed E-state index contributed by atoms with van der Waals surface area (Å²) < 4.78 is 16.4. The standard InChI is InChI=1S/C29H26ClFN6O3/c1-3-24(39)35-11-12-36(16(2)15-35)27-18-13-20(30)26(25-21(31)5-4-6-23(25)38)33-28(18)37(29(40)34-27)22-9-10-32-14-19(22)17-7-8-17/h3-6,9-10,13-14,16-17,38H,1,7-8,11-12,15H2,2H3/t16-/m0/s1. The summed E-state index contributed by atoms with van der Waals surface area (Å²) in [6, 6.07) is 7.12. The van der Waals surface area contributed by atoms with Crippen LogP contribution in [0.1, 0.15) is 31.2 Å². The molecule has 1 atom stereocenters. The number of hydrogen-bond acceptors (Lipinski definition) is 7. The van der Waals surface area contributed by atoms with Crippen molar-refractivity contribution in [3.63, 3.8) is 0 Å². The Hall–Kier alpha value is -4.31. The maximum atomic E-state index is 15.0. The largest absolute Gasteiger partial charge is 0.507 e. The van der Waals surface area contributed by atoms with E-state index in [9.17, 15) is 19.1 Å². The summed E-state index contributed by atoms with van der Waals surface area (Å²) in [7, 11) is 0.